The topological polar surface area (TPSA) is 122 Å². The quantitative estimate of drug-likeness (QED) is 0.424. The van der Waals surface area contributed by atoms with Crippen LogP contribution in [0.4, 0.5) is 4.39 Å². The number of hydrogen-bond acceptors (Lipinski definition) is 7. The van der Waals surface area contributed by atoms with Crippen molar-refractivity contribution in [2.45, 2.75) is 77.3 Å². The fourth-order valence-corrected chi connectivity index (χ4v) is 4.90. The summed E-state index contributed by atoms with van der Waals surface area (Å²) >= 11 is 0. The van der Waals surface area contributed by atoms with E-state index in [-0.39, 0.29) is 49.2 Å². The van der Waals surface area contributed by atoms with E-state index in [0.29, 0.717) is 25.0 Å². The highest BCUT2D eigenvalue weighted by molar-refractivity contribution is 5.95. The van der Waals surface area contributed by atoms with Gasteiger partial charge in [-0.15, -0.1) is 12.3 Å². The molecule has 2 amide bonds. The Morgan fingerprint density at radius 3 is 2.80 bits per heavy atom. The summed E-state index contributed by atoms with van der Waals surface area (Å²) in [7, 11) is 0. The molecule has 0 saturated carbocycles. The minimum Gasteiger partial charge on any atom is -0.460 e. The third-order valence-corrected chi connectivity index (χ3v) is 6.86. The second-order valence-electron chi connectivity index (χ2n) is 10.5. The first-order chi connectivity index (χ1) is 19.1. The highest BCUT2D eigenvalue weighted by Crippen LogP contribution is 2.26. The number of ether oxygens (including phenoxy) is 1. The first kappa shape index (κ1) is 30.8. The van der Waals surface area contributed by atoms with Gasteiger partial charge in [0.15, 0.2) is 11.6 Å². The van der Waals surface area contributed by atoms with Gasteiger partial charge < -0.3 is 24.5 Å². The predicted molar refractivity (Wildman–Crippen MR) is 146 cm³/mol. The van der Waals surface area contributed by atoms with E-state index in [1.165, 1.54) is 17.1 Å². The molecule has 1 aromatic heterocycles. The number of carbonyl (C=O) groups is 3. The molecule has 0 aromatic carbocycles. The minimum absolute atomic E-state index is 0.0266. The van der Waals surface area contributed by atoms with E-state index in [2.05, 4.69) is 16.2 Å². The highest BCUT2D eigenvalue weighted by Gasteiger charge is 2.39. The summed E-state index contributed by atoms with van der Waals surface area (Å²) in [6.45, 7) is 6.11. The van der Waals surface area contributed by atoms with Crippen molar-refractivity contribution in [1.82, 2.24) is 15.2 Å². The second kappa shape index (κ2) is 14.6. The van der Waals surface area contributed by atoms with Crippen molar-refractivity contribution < 1.29 is 33.0 Å². The molecule has 5 atom stereocenters. The van der Waals surface area contributed by atoms with Gasteiger partial charge in [-0.2, -0.15) is 0 Å². The molecule has 2 N–H and O–H groups in total. The number of allylic oxidation sites excluding steroid dienone is 2. The van der Waals surface area contributed by atoms with E-state index in [0.717, 1.165) is 6.26 Å². The molecule has 0 aliphatic carbocycles. The summed E-state index contributed by atoms with van der Waals surface area (Å²) < 4.78 is 25.9. The van der Waals surface area contributed by atoms with Gasteiger partial charge in [-0.1, -0.05) is 43.7 Å². The molecule has 1 fully saturated rings. The molecule has 3 heterocycles. The van der Waals surface area contributed by atoms with Crippen LogP contribution in [0.5, 0.6) is 0 Å². The van der Waals surface area contributed by atoms with E-state index in [9.17, 15) is 23.9 Å². The molecule has 3 rings (SSSR count). The van der Waals surface area contributed by atoms with Crippen molar-refractivity contribution in [2.24, 2.45) is 11.8 Å². The zero-order valence-corrected chi connectivity index (χ0v) is 23.2. The molecule has 0 spiro atoms. The molecule has 2 bridgehead atoms. The van der Waals surface area contributed by atoms with Gasteiger partial charge in [0.2, 0.25) is 5.91 Å². The fraction of sp³-hybridized carbons (Fsp3) is 0.533. The molecule has 0 radical (unpaired) electrons. The zero-order valence-electron chi connectivity index (χ0n) is 23.2. The van der Waals surface area contributed by atoms with Gasteiger partial charge in [-0.25, -0.2) is 14.2 Å². The molecule has 2 aliphatic rings. The summed E-state index contributed by atoms with van der Waals surface area (Å²) in [5.74, 6) is 0.675. The Morgan fingerprint density at radius 1 is 1.30 bits per heavy atom. The SMILES string of the molecule is C#CC[C@@H]1/C=C/C(=O)NC/C=C/C(C)=C/[C@@H](O)C[C@@H](F)Cc2nc(co2)C(=O)N2CCC[C@@H]2C(=O)O[C@@H]1C(C)C. The van der Waals surface area contributed by atoms with E-state index in [4.69, 9.17) is 15.6 Å². The third-order valence-electron chi connectivity index (χ3n) is 6.86. The number of amides is 2. The number of alkyl halides is 1. The molecule has 10 heteroatoms. The highest BCUT2D eigenvalue weighted by atomic mass is 19.1. The van der Waals surface area contributed by atoms with Crippen LogP contribution in [0.25, 0.3) is 0 Å². The lowest BCUT2D eigenvalue weighted by molar-refractivity contribution is -0.158. The lowest BCUT2D eigenvalue weighted by Gasteiger charge is -2.30. The summed E-state index contributed by atoms with van der Waals surface area (Å²) in [6.07, 6.45) is 12.4. The number of halogens is 1. The van der Waals surface area contributed by atoms with Crippen molar-refractivity contribution in [1.29, 1.82) is 0 Å². The summed E-state index contributed by atoms with van der Waals surface area (Å²) in [4.78, 5) is 44.5. The second-order valence-corrected chi connectivity index (χ2v) is 10.5. The van der Waals surface area contributed by atoms with Crippen molar-refractivity contribution in [2.75, 3.05) is 13.1 Å². The van der Waals surface area contributed by atoms with Crippen molar-refractivity contribution in [3.05, 3.63) is 53.8 Å². The number of terminal acetylenes is 1. The monoisotopic (exact) mass is 555 g/mol. The number of esters is 1. The Bertz CT molecular complexity index is 1180. The van der Waals surface area contributed by atoms with Crippen LogP contribution in [-0.2, 0) is 20.7 Å². The zero-order chi connectivity index (χ0) is 29.2. The van der Waals surface area contributed by atoms with Crippen molar-refractivity contribution in [3.63, 3.8) is 0 Å². The Balaban J connectivity index is 1.89. The van der Waals surface area contributed by atoms with Crippen molar-refractivity contribution in [3.8, 4) is 12.3 Å². The maximum absolute atomic E-state index is 14.7. The number of nitrogens with zero attached hydrogens (tertiary/aromatic N) is 2. The number of cyclic esters (lactones) is 1. The fourth-order valence-electron chi connectivity index (χ4n) is 4.90. The van der Waals surface area contributed by atoms with Crippen LogP contribution in [0.15, 0.2) is 46.6 Å². The van der Waals surface area contributed by atoms with Crippen LogP contribution in [0.3, 0.4) is 0 Å². The van der Waals surface area contributed by atoms with Crippen LogP contribution >= 0.6 is 0 Å². The Labute approximate surface area is 234 Å². The molecule has 216 valence electrons. The van der Waals surface area contributed by atoms with Crippen LogP contribution < -0.4 is 5.32 Å². The number of fused-ring (bicyclic) bond motifs is 3. The van der Waals surface area contributed by atoms with Gasteiger partial charge in [0.1, 0.15) is 24.6 Å². The normalized spacial score (nSPS) is 30.4. The number of aliphatic hydroxyl groups excluding tert-OH is 1. The number of rotatable bonds is 2. The minimum atomic E-state index is -1.46. The number of hydrogen-bond donors (Lipinski definition) is 2. The van der Waals surface area contributed by atoms with Crippen LogP contribution in [0.1, 0.15) is 62.8 Å². The molecule has 1 saturated heterocycles. The van der Waals surface area contributed by atoms with E-state index in [1.54, 1.807) is 25.2 Å². The Kier molecular flexibility index (Phi) is 11.3. The number of oxazole rings is 1. The van der Waals surface area contributed by atoms with E-state index >= 15 is 0 Å². The van der Waals surface area contributed by atoms with Crippen LogP contribution in [0.2, 0.25) is 0 Å². The van der Waals surface area contributed by atoms with E-state index < -0.39 is 42.2 Å². The average molecular weight is 556 g/mol. The molecule has 40 heavy (non-hydrogen) atoms. The molecule has 2 aliphatic heterocycles. The third kappa shape index (κ3) is 8.65. The maximum Gasteiger partial charge on any atom is 0.329 e. The largest absolute Gasteiger partial charge is 0.460 e. The maximum atomic E-state index is 14.7. The summed E-state index contributed by atoms with van der Waals surface area (Å²) in [5, 5.41) is 13.0. The smallest absolute Gasteiger partial charge is 0.329 e. The van der Waals surface area contributed by atoms with Crippen LogP contribution in [-0.4, -0.2) is 70.3 Å². The predicted octanol–water partition coefficient (Wildman–Crippen LogP) is 3.31. The number of aliphatic hydroxyl groups is 1. The van der Waals surface area contributed by atoms with E-state index in [1.807, 2.05) is 13.8 Å². The number of carbonyl (C=O) groups excluding carboxylic acids is 3. The van der Waals surface area contributed by atoms with Crippen LogP contribution in [0, 0.1) is 24.2 Å². The van der Waals surface area contributed by atoms with Gasteiger partial charge in [0.25, 0.3) is 5.91 Å². The summed E-state index contributed by atoms with van der Waals surface area (Å²) in [6, 6.07) is -0.819. The molecule has 0 unspecified atom stereocenters. The van der Waals surface area contributed by atoms with Gasteiger partial charge in [0.05, 0.1) is 12.5 Å². The first-order valence-electron chi connectivity index (χ1n) is 13.6. The summed E-state index contributed by atoms with van der Waals surface area (Å²) in [5.41, 5.74) is 0.670. The van der Waals surface area contributed by atoms with Crippen molar-refractivity contribution >= 4 is 17.8 Å². The Morgan fingerprint density at radius 2 is 2.08 bits per heavy atom. The van der Waals surface area contributed by atoms with Gasteiger partial charge >= 0.3 is 5.97 Å². The van der Waals surface area contributed by atoms with Gasteiger partial charge in [-0.3, -0.25) is 9.59 Å². The molecule has 9 nitrogen and oxygen atoms in total. The number of aromatic nitrogens is 1. The molecular weight excluding hydrogens is 517 g/mol. The van der Waals surface area contributed by atoms with Gasteiger partial charge in [-0.05, 0) is 31.8 Å². The average Bonchev–Trinajstić information content (AvgIpc) is 3.56. The van der Waals surface area contributed by atoms with Gasteiger partial charge in [0, 0.05) is 31.8 Å². The Hall–Kier alpha value is -3.71. The standard InChI is InChI=1S/C30H38FN3O6/c1-5-8-21-11-12-26(36)32-13-6-9-20(4)15-23(35)16-22(31)17-27-33-24(18-39-27)29(37)34-14-7-10-25(34)30(38)40-28(21)19(2)3/h1,6,9,11-12,15,18-19,21-23,25,28,35H,7-8,10,13-14,16-17H2,2-4H3,(H,32,36)/b9-6+,12-11+,20-15+/t21-,22-,23-,25-,28-/m1/s1. The lowest BCUT2D eigenvalue weighted by atomic mass is 9.90. The lowest BCUT2D eigenvalue weighted by Crippen LogP contribution is -2.44. The number of nitrogens with one attached hydrogen (secondary N) is 1. The molecule has 1 aromatic rings. The molecular formula is C30H38FN3O6. The first-order valence-corrected chi connectivity index (χ1v) is 13.6.